The molecule has 1 N–H and O–H groups in total. The predicted molar refractivity (Wildman–Crippen MR) is 77.4 cm³/mol. The lowest BCUT2D eigenvalue weighted by molar-refractivity contribution is -0.000572. The van der Waals surface area contributed by atoms with E-state index in [9.17, 15) is 0 Å². The lowest BCUT2D eigenvalue weighted by Crippen LogP contribution is -2.58. The molecule has 3 rings (SSSR count). The fourth-order valence-corrected chi connectivity index (χ4v) is 3.08. The van der Waals surface area contributed by atoms with E-state index < -0.39 is 0 Å². The van der Waals surface area contributed by atoms with Crippen LogP contribution >= 0.6 is 0 Å². The van der Waals surface area contributed by atoms with Crippen LogP contribution in [0.3, 0.4) is 0 Å². The predicted octanol–water partition coefficient (Wildman–Crippen LogP) is 1.98. The van der Waals surface area contributed by atoms with Crippen molar-refractivity contribution in [3.63, 3.8) is 0 Å². The molecule has 1 fully saturated rings. The van der Waals surface area contributed by atoms with E-state index in [1.165, 1.54) is 24.1 Å². The van der Waals surface area contributed by atoms with Crippen LogP contribution in [0.4, 0.5) is 0 Å². The first-order valence-electron chi connectivity index (χ1n) is 7.52. The molecule has 0 bridgehead atoms. The van der Waals surface area contributed by atoms with Crippen LogP contribution < -0.4 is 5.32 Å². The Morgan fingerprint density at radius 2 is 2.16 bits per heavy atom. The summed E-state index contributed by atoms with van der Waals surface area (Å²) in [6.45, 7) is 7.60. The van der Waals surface area contributed by atoms with Gasteiger partial charge >= 0.3 is 0 Å². The normalized spacial score (nSPS) is 23.2. The largest absolute Gasteiger partial charge is 0.372 e. The molecule has 0 radical (unpaired) electrons. The monoisotopic (exact) mass is 260 g/mol. The summed E-state index contributed by atoms with van der Waals surface area (Å²) in [6.07, 6.45) is 2.54. The highest BCUT2D eigenvalue weighted by Crippen LogP contribution is 2.28. The van der Waals surface area contributed by atoms with Gasteiger partial charge in [0.2, 0.25) is 0 Å². The molecule has 3 heteroatoms. The van der Waals surface area contributed by atoms with Gasteiger partial charge in [-0.05, 0) is 30.5 Å². The number of hydrogen-bond donors (Lipinski definition) is 1. The van der Waals surface area contributed by atoms with E-state index in [1.807, 2.05) is 0 Å². The summed E-state index contributed by atoms with van der Waals surface area (Å²) in [4.78, 5) is 2.60. The molecule has 2 aliphatic heterocycles. The third-order valence-electron chi connectivity index (χ3n) is 4.28. The van der Waals surface area contributed by atoms with Crippen molar-refractivity contribution in [3.05, 3.63) is 35.4 Å². The maximum absolute atomic E-state index is 6.04. The van der Waals surface area contributed by atoms with Crippen LogP contribution in [-0.2, 0) is 11.2 Å². The Balaban J connectivity index is 1.71. The van der Waals surface area contributed by atoms with Gasteiger partial charge in [0.15, 0.2) is 0 Å². The van der Waals surface area contributed by atoms with Crippen LogP contribution in [0.5, 0.6) is 0 Å². The van der Waals surface area contributed by atoms with Gasteiger partial charge < -0.3 is 10.1 Å². The minimum absolute atomic E-state index is 0.261. The number of hydrogen-bond acceptors (Lipinski definition) is 3. The zero-order valence-corrected chi connectivity index (χ0v) is 11.8. The molecule has 0 amide bonds. The SMILES string of the molecule is CCCN(CC1OCCc2ccccc21)C1CNC1. The summed E-state index contributed by atoms with van der Waals surface area (Å²) in [5.74, 6) is 0. The molecule has 3 nitrogen and oxygen atoms in total. The third-order valence-corrected chi connectivity index (χ3v) is 4.28. The van der Waals surface area contributed by atoms with Crippen LogP contribution in [0, 0.1) is 0 Å². The quantitative estimate of drug-likeness (QED) is 0.876. The summed E-state index contributed by atoms with van der Waals surface area (Å²) in [6, 6.07) is 9.47. The van der Waals surface area contributed by atoms with E-state index in [0.717, 1.165) is 32.7 Å². The van der Waals surface area contributed by atoms with E-state index in [0.29, 0.717) is 6.04 Å². The van der Waals surface area contributed by atoms with E-state index in [-0.39, 0.29) is 6.10 Å². The molecular weight excluding hydrogens is 236 g/mol. The Morgan fingerprint density at radius 1 is 1.32 bits per heavy atom. The van der Waals surface area contributed by atoms with Gasteiger partial charge in [0.1, 0.15) is 0 Å². The molecule has 0 saturated carbocycles. The Bertz CT molecular complexity index is 417. The number of benzene rings is 1. The minimum atomic E-state index is 0.261. The third kappa shape index (κ3) is 2.83. The van der Waals surface area contributed by atoms with Crippen LogP contribution in [-0.4, -0.2) is 43.7 Å². The Morgan fingerprint density at radius 3 is 2.89 bits per heavy atom. The molecule has 19 heavy (non-hydrogen) atoms. The summed E-state index contributed by atoms with van der Waals surface area (Å²) >= 11 is 0. The summed E-state index contributed by atoms with van der Waals surface area (Å²) < 4.78 is 6.04. The first kappa shape index (κ1) is 13.1. The molecule has 1 aromatic carbocycles. The molecular formula is C16H24N2O. The minimum Gasteiger partial charge on any atom is -0.372 e. The van der Waals surface area contributed by atoms with Crippen molar-refractivity contribution in [1.29, 1.82) is 0 Å². The standard InChI is InChI=1S/C16H24N2O/c1-2-8-18(14-10-17-11-14)12-16-15-6-4-3-5-13(15)7-9-19-16/h3-6,14,16-17H,2,7-12H2,1H3. The van der Waals surface area contributed by atoms with Crippen molar-refractivity contribution in [1.82, 2.24) is 10.2 Å². The van der Waals surface area contributed by atoms with Crippen LogP contribution in [0.25, 0.3) is 0 Å². The van der Waals surface area contributed by atoms with Gasteiger partial charge in [0, 0.05) is 25.7 Å². The van der Waals surface area contributed by atoms with Crippen LogP contribution in [0.1, 0.15) is 30.6 Å². The van der Waals surface area contributed by atoms with E-state index in [2.05, 4.69) is 41.4 Å². The van der Waals surface area contributed by atoms with Gasteiger partial charge in [-0.2, -0.15) is 0 Å². The van der Waals surface area contributed by atoms with Crippen molar-refractivity contribution < 1.29 is 4.74 Å². The highest BCUT2D eigenvalue weighted by molar-refractivity contribution is 5.31. The Hall–Kier alpha value is -0.900. The van der Waals surface area contributed by atoms with Gasteiger partial charge in [-0.3, -0.25) is 4.90 Å². The topological polar surface area (TPSA) is 24.5 Å². The van der Waals surface area contributed by atoms with Gasteiger partial charge in [-0.15, -0.1) is 0 Å². The first-order valence-corrected chi connectivity index (χ1v) is 7.52. The smallest absolute Gasteiger partial charge is 0.0954 e. The van der Waals surface area contributed by atoms with Gasteiger partial charge in [0.25, 0.3) is 0 Å². The van der Waals surface area contributed by atoms with Crippen molar-refractivity contribution >= 4 is 0 Å². The van der Waals surface area contributed by atoms with Gasteiger partial charge in [-0.1, -0.05) is 31.2 Å². The highest BCUT2D eigenvalue weighted by atomic mass is 16.5. The van der Waals surface area contributed by atoms with E-state index in [4.69, 9.17) is 4.74 Å². The number of nitrogens with one attached hydrogen (secondary N) is 1. The summed E-state index contributed by atoms with van der Waals surface area (Å²) in [5, 5.41) is 3.37. The van der Waals surface area contributed by atoms with Crippen molar-refractivity contribution in [3.8, 4) is 0 Å². The average Bonchev–Trinajstić information content (AvgIpc) is 2.37. The molecule has 2 aliphatic rings. The Labute approximate surface area is 115 Å². The zero-order valence-electron chi connectivity index (χ0n) is 11.8. The van der Waals surface area contributed by atoms with Gasteiger partial charge in [-0.25, -0.2) is 0 Å². The second-order valence-electron chi connectivity index (χ2n) is 5.62. The fourth-order valence-electron chi connectivity index (χ4n) is 3.08. The van der Waals surface area contributed by atoms with E-state index >= 15 is 0 Å². The number of rotatable bonds is 5. The average molecular weight is 260 g/mol. The van der Waals surface area contributed by atoms with Crippen molar-refractivity contribution in [2.24, 2.45) is 0 Å². The first-order chi connectivity index (χ1) is 9.38. The van der Waals surface area contributed by atoms with Crippen molar-refractivity contribution in [2.45, 2.75) is 31.9 Å². The second-order valence-corrected chi connectivity index (χ2v) is 5.62. The number of fused-ring (bicyclic) bond motifs is 1. The molecule has 1 atom stereocenters. The number of nitrogens with zero attached hydrogens (tertiary/aromatic N) is 1. The zero-order chi connectivity index (χ0) is 13.1. The van der Waals surface area contributed by atoms with Gasteiger partial charge in [0.05, 0.1) is 12.7 Å². The van der Waals surface area contributed by atoms with Crippen LogP contribution in [0.2, 0.25) is 0 Å². The molecule has 0 aromatic heterocycles. The fraction of sp³-hybridized carbons (Fsp3) is 0.625. The molecule has 0 spiro atoms. The lowest BCUT2D eigenvalue weighted by Gasteiger charge is -2.40. The maximum Gasteiger partial charge on any atom is 0.0954 e. The highest BCUT2D eigenvalue weighted by Gasteiger charge is 2.29. The molecule has 1 aromatic rings. The van der Waals surface area contributed by atoms with Crippen molar-refractivity contribution in [2.75, 3.05) is 32.8 Å². The maximum atomic E-state index is 6.04. The lowest BCUT2D eigenvalue weighted by atomic mass is 9.96. The molecule has 0 aliphatic carbocycles. The molecule has 2 heterocycles. The molecule has 1 unspecified atom stereocenters. The summed E-state index contributed by atoms with van der Waals surface area (Å²) in [7, 11) is 0. The van der Waals surface area contributed by atoms with Crippen LogP contribution in [0.15, 0.2) is 24.3 Å². The molecule has 104 valence electrons. The Kier molecular flexibility index (Phi) is 4.16. The second kappa shape index (κ2) is 6.04. The summed E-state index contributed by atoms with van der Waals surface area (Å²) in [5.41, 5.74) is 2.88. The number of ether oxygens (including phenoxy) is 1. The van der Waals surface area contributed by atoms with E-state index in [1.54, 1.807) is 0 Å². The molecule has 1 saturated heterocycles.